The van der Waals surface area contributed by atoms with Crippen LogP contribution in [0.2, 0.25) is 0 Å². The summed E-state index contributed by atoms with van der Waals surface area (Å²) in [5.74, 6) is 3.75. The average Bonchev–Trinajstić information content (AvgIpc) is 3.44. The first-order valence-corrected chi connectivity index (χ1v) is 31.8. The van der Waals surface area contributed by atoms with E-state index < -0.39 is 0 Å². The molecule has 12 saturated heterocycles. The van der Waals surface area contributed by atoms with Gasteiger partial charge in [0.1, 0.15) is 0 Å². The molecule has 12 fully saturated rings. The number of alkyl halides is 1. The number of hydrogen-bond acceptors (Lipinski definition) is 8. The fourth-order valence-electron chi connectivity index (χ4n) is 11.4. The molecule has 4 atom stereocenters. The monoisotopic (exact) mass is 1100 g/mol. The van der Waals surface area contributed by atoms with E-state index in [1.165, 1.54) is 161 Å². The molecule has 0 aliphatic carbocycles. The number of nitrogens with zero attached hydrogens (tertiary/aromatic N) is 4. The van der Waals surface area contributed by atoms with Crippen LogP contribution in [0.1, 0.15) is 109 Å². The van der Waals surface area contributed by atoms with E-state index in [0.29, 0.717) is 5.38 Å². The highest BCUT2D eigenvalue weighted by atomic mass is 35.5. The molecule has 4 nitrogen and oxygen atoms in total. The van der Waals surface area contributed by atoms with Crippen LogP contribution in [0.4, 0.5) is 0 Å². The molecule has 12 aliphatic heterocycles. The summed E-state index contributed by atoms with van der Waals surface area (Å²) in [6.45, 7) is 32.6. The van der Waals surface area contributed by atoms with Crippen molar-refractivity contribution in [3.05, 3.63) is 133 Å². The van der Waals surface area contributed by atoms with Crippen molar-refractivity contribution in [2.75, 3.05) is 78.5 Å². The van der Waals surface area contributed by atoms with Crippen LogP contribution in [0.25, 0.3) is 0 Å². The van der Waals surface area contributed by atoms with Crippen molar-refractivity contribution in [3.8, 4) is 0 Å². The Hall–Kier alpha value is -1.56. The fraction of sp³-hybridized carbons (Fsp3) is 0.587. The SMILES string of the molecule is C=C.CCC.CCc1ccc(S[C@H]2CN3CCC2CC3)cc1.CCc1ccc(S[C@H]2CN3CCC2CC3)cc1.CCc1ccc(S[C@H]2CN3CCC2CC3)cc1.Cl.ClC1CN2CCC1CC2.Sc1ccccc1. The predicted octanol–water partition coefficient (Wildman–Crippen LogP) is 16.2. The van der Waals surface area contributed by atoms with Gasteiger partial charge in [0, 0.05) is 66.9 Å². The van der Waals surface area contributed by atoms with E-state index in [1.54, 1.807) is 0 Å². The van der Waals surface area contributed by atoms with E-state index in [4.69, 9.17) is 11.6 Å². The molecular weight excluding hydrogens is 1010 g/mol. The largest absolute Gasteiger partial charge is 0.302 e. The van der Waals surface area contributed by atoms with Gasteiger partial charge >= 0.3 is 0 Å². The molecule has 8 bridgehead atoms. The van der Waals surface area contributed by atoms with Gasteiger partial charge in [0.05, 0.1) is 0 Å². The first kappa shape index (κ1) is 62.3. The molecule has 1 unspecified atom stereocenters. The smallest absolute Gasteiger partial charge is 0.0492 e. The Labute approximate surface area is 475 Å². The van der Waals surface area contributed by atoms with Gasteiger partial charge in [-0.05, 0) is 212 Å². The van der Waals surface area contributed by atoms with E-state index >= 15 is 0 Å². The second-order valence-electron chi connectivity index (χ2n) is 21.1. The third kappa shape index (κ3) is 20.6. The van der Waals surface area contributed by atoms with Crippen molar-refractivity contribution in [2.45, 2.75) is 152 Å². The minimum Gasteiger partial charge on any atom is -0.302 e. The second kappa shape index (κ2) is 34.3. The maximum absolute atomic E-state index is 6.07. The van der Waals surface area contributed by atoms with E-state index in [-0.39, 0.29) is 12.4 Å². The van der Waals surface area contributed by atoms with E-state index in [1.807, 2.05) is 30.3 Å². The summed E-state index contributed by atoms with van der Waals surface area (Å²) in [7, 11) is 0. The lowest BCUT2D eigenvalue weighted by Gasteiger charge is -2.44. The van der Waals surface area contributed by atoms with Crippen molar-refractivity contribution >= 4 is 71.9 Å². The van der Waals surface area contributed by atoms with Crippen molar-refractivity contribution in [1.82, 2.24) is 19.6 Å². The molecule has 16 rings (SSSR count). The molecule has 404 valence electrons. The molecule has 0 radical (unpaired) electrons. The van der Waals surface area contributed by atoms with Crippen LogP contribution in [-0.2, 0) is 19.3 Å². The standard InChI is InChI=1S/3C15H21NS.C7H12ClN.C6H6S.C3H8.C2H4.ClH/c3*1-2-12-3-5-14(6-4-12)17-15-11-16-9-7-13(15)8-10-16;8-7-5-9-3-1-6(7)2-4-9;7-6-4-2-1-3-5-6;1-3-2;1-2;/h3*3-6,13,15H,2,7-11H2,1H3;6-7H,1-5H2;1-5,7H;3H2,1-2H3;1-2H2;1H/t3*15-;;;;;/m000...../s1. The molecular formula is C63H94Cl2N4S4. The topological polar surface area (TPSA) is 13.0 Å². The van der Waals surface area contributed by atoms with E-state index in [0.717, 1.165) is 70.1 Å². The summed E-state index contributed by atoms with van der Waals surface area (Å²) in [5.41, 5.74) is 4.34. The molecule has 12 aliphatic rings. The Kier molecular flexibility index (Phi) is 29.3. The van der Waals surface area contributed by atoms with Gasteiger partial charge in [-0.2, -0.15) is 0 Å². The molecule has 4 aromatic carbocycles. The van der Waals surface area contributed by atoms with Gasteiger partial charge in [0.15, 0.2) is 0 Å². The van der Waals surface area contributed by atoms with E-state index in [9.17, 15) is 0 Å². The summed E-state index contributed by atoms with van der Waals surface area (Å²) in [6.07, 6.45) is 15.9. The van der Waals surface area contributed by atoms with Crippen LogP contribution < -0.4 is 0 Å². The highest BCUT2D eigenvalue weighted by Gasteiger charge is 2.37. The molecule has 0 saturated carbocycles. The molecule has 0 aromatic heterocycles. The van der Waals surface area contributed by atoms with Crippen molar-refractivity contribution in [3.63, 3.8) is 0 Å². The zero-order valence-electron chi connectivity index (χ0n) is 45.6. The Bertz CT molecular complexity index is 1850. The second-order valence-corrected chi connectivity index (χ2v) is 26.1. The van der Waals surface area contributed by atoms with Crippen LogP contribution in [0.15, 0.2) is 136 Å². The molecule has 73 heavy (non-hydrogen) atoms. The minimum atomic E-state index is 0. The van der Waals surface area contributed by atoms with E-state index in [2.05, 4.69) is 188 Å². The molecule has 0 spiro atoms. The number of halogens is 2. The van der Waals surface area contributed by atoms with Gasteiger partial charge < -0.3 is 19.6 Å². The summed E-state index contributed by atoms with van der Waals surface area (Å²) in [5, 5.41) is 2.98. The van der Waals surface area contributed by atoms with Crippen LogP contribution in [0.5, 0.6) is 0 Å². The number of benzene rings is 4. The van der Waals surface area contributed by atoms with Gasteiger partial charge in [-0.25, -0.2) is 0 Å². The predicted molar refractivity (Wildman–Crippen MR) is 331 cm³/mol. The van der Waals surface area contributed by atoms with Gasteiger partial charge in [0.25, 0.3) is 0 Å². The van der Waals surface area contributed by atoms with Gasteiger partial charge in [-0.1, -0.05) is 95.6 Å². The quantitative estimate of drug-likeness (QED) is 0.101. The zero-order valence-corrected chi connectivity index (χ0v) is 50.5. The maximum atomic E-state index is 6.07. The fourth-order valence-corrected chi connectivity index (χ4v) is 16.2. The number of rotatable bonds is 9. The molecule has 0 amide bonds. The van der Waals surface area contributed by atoms with Gasteiger partial charge in [-0.15, -0.1) is 85.1 Å². The number of aryl methyl sites for hydroxylation is 3. The molecule has 0 N–H and O–H groups in total. The summed E-state index contributed by atoms with van der Waals surface area (Å²) in [6, 6.07) is 37.3. The lowest BCUT2D eigenvalue weighted by molar-refractivity contribution is 0.116. The van der Waals surface area contributed by atoms with Crippen molar-refractivity contribution in [1.29, 1.82) is 0 Å². The van der Waals surface area contributed by atoms with Crippen LogP contribution in [0, 0.1) is 23.7 Å². The van der Waals surface area contributed by atoms with Crippen LogP contribution >= 0.6 is 71.9 Å². The molecule has 4 aromatic rings. The Morgan fingerprint density at radius 1 is 0.425 bits per heavy atom. The Morgan fingerprint density at radius 2 is 0.685 bits per heavy atom. The highest BCUT2D eigenvalue weighted by Crippen LogP contribution is 2.41. The number of hydrogen-bond donors (Lipinski definition) is 1. The first-order chi connectivity index (χ1) is 35.2. The molecule has 12 heterocycles. The normalized spacial score (nSPS) is 29.4. The lowest BCUT2D eigenvalue weighted by Crippen LogP contribution is -2.48. The third-order valence-electron chi connectivity index (χ3n) is 16.0. The lowest BCUT2D eigenvalue weighted by atomic mass is 9.88. The van der Waals surface area contributed by atoms with Crippen LogP contribution in [-0.4, -0.2) is 119 Å². The van der Waals surface area contributed by atoms with Crippen molar-refractivity contribution < 1.29 is 0 Å². The Morgan fingerprint density at radius 3 is 0.849 bits per heavy atom. The first-order valence-electron chi connectivity index (χ1n) is 28.3. The average molecular weight is 1110 g/mol. The summed E-state index contributed by atoms with van der Waals surface area (Å²) < 4.78 is 0. The molecule has 10 heteroatoms. The maximum Gasteiger partial charge on any atom is 0.0492 e. The number of thiol groups is 1. The summed E-state index contributed by atoms with van der Waals surface area (Å²) >= 11 is 16.5. The van der Waals surface area contributed by atoms with Crippen LogP contribution in [0.3, 0.4) is 0 Å². The summed E-state index contributed by atoms with van der Waals surface area (Å²) in [4.78, 5) is 15.8. The number of piperidine rings is 12. The zero-order chi connectivity index (χ0) is 51.1. The number of fused-ring (bicyclic) bond motifs is 12. The highest BCUT2D eigenvalue weighted by molar-refractivity contribution is 8.00. The van der Waals surface area contributed by atoms with Crippen molar-refractivity contribution in [2.24, 2.45) is 23.7 Å². The Balaban J connectivity index is 0.000000170. The third-order valence-corrected chi connectivity index (χ3v) is 20.9. The van der Waals surface area contributed by atoms with Gasteiger partial charge in [-0.3, -0.25) is 0 Å². The number of thioether (sulfide) groups is 3. The van der Waals surface area contributed by atoms with Gasteiger partial charge in [0.2, 0.25) is 0 Å². The minimum absolute atomic E-state index is 0.